The van der Waals surface area contributed by atoms with Gasteiger partial charge >= 0.3 is 5.97 Å². The maximum absolute atomic E-state index is 14.5. The molecule has 5 heterocycles. The normalized spacial score (nSPS) is 19.1. The van der Waals surface area contributed by atoms with Gasteiger partial charge in [0.25, 0.3) is 0 Å². The lowest BCUT2D eigenvalue weighted by atomic mass is 10.0. The summed E-state index contributed by atoms with van der Waals surface area (Å²) in [6, 6.07) is -6.21. The zero-order valence-electron chi connectivity index (χ0n) is 61.3. The third-order valence-corrected chi connectivity index (χ3v) is 19.3. The number of nitrogens with one attached hydrogen (secondary N) is 11. The van der Waals surface area contributed by atoms with Gasteiger partial charge in [0.05, 0.1) is 19.5 Å². The number of likely N-dealkylation sites (tertiary alicyclic amines) is 3. The molecule has 1 aromatic heterocycles. The van der Waals surface area contributed by atoms with E-state index in [9.17, 15) is 77.3 Å². The van der Waals surface area contributed by atoms with Crippen molar-refractivity contribution in [2.75, 3.05) is 57.9 Å². The second kappa shape index (κ2) is 42.9. The average molecular weight is 1520 g/mol. The Bertz CT molecular complexity index is 3470. The molecule has 21 N–H and O–H groups in total. The summed E-state index contributed by atoms with van der Waals surface area (Å²) in [6.07, 6.45) is 6.99. The van der Waals surface area contributed by atoms with E-state index >= 15 is 0 Å². The van der Waals surface area contributed by atoms with Gasteiger partial charge in [-0.15, -0.1) is 0 Å². The second-order valence-corrected chi connectivity index (χ2v) is 28.9. The molecule has 590 valence electrons. The van der Waals surface area contributed by atoms with Crippen LogP contribution >= 0.6 is 11.8 Å². The minimum Gasteiger partial charge on any atom is -0.480 e. The van der Waals surface area contributed by atoms with Crippen molar-refractivity contribution < 1.29 is 77.3 Å². The number of carbonyl (C=O) groups excluding carboxylic acids is 13. The number of carboxylic acids is 1. The molecule has 38 heteroatoms. The fourth-order valence-corrected chi connectivity index (χ4v) is 13.7. The lowest BCUT2D eigenvalue weighted by Crippen LogP contribution is -2.61. The average Bonchev–Trinajstić information content (AvgIpc) is 1.73. The number of nitrogens with zero attached hydrogens (tertiary/aromatic N) is 6. The minimum absolute atomic E-state index is 0.0130. The molecule has 0 radical (unpaired) electrons. The Kier molecular flexibility index (Phi) is 34.4. The molecule has 0 bridgehead atoms. The number of thioether (sulfide) groups is 1. The van der Waals surface area contributed by atoms with Gasteiger partial charge in [-0.1, -0.05) is 58.0 Å². The number of benzene rings is 1. The van der Waals surface area contributed by atoms with E-state index in [1.165, 1.54) is 39.0 Å². The van der Waals surface area contributed by atoms with Gasteiger partial charge in [0.15, 0.2) is 11.9 Å². The van der Waals surface area contributed by atoms with Crippen LogP contribution in [-0.2, 0) is 80.0 Å². The van der Waals surface area contributed by atoms with Crippen LogP contribution in [0.4, 0.5) is 0 Å². The van der Waals surface area contributed by atoms with Crippen LogP contribution in [0.5, 0.6) is 0 Å². The fourth-order valence-electron chi connectivity index (χ4n) is 13.2. The number of nitrogens with two attached hydrogens (primary N) is 4. The number of aliphatic hydroxyl groups is 1. The molecule has 4 saturated heterocycles. The van der Waals surface area contributed by atoms with Crippen molar-refractivity contribution in [3.8, 4) is 0 Å². The van der Waals surface area contributed by atoms with Gasteiger partial charge < -0.3 is 106 Å². The van der Waals surface area contributed by atoms with E-state index in [0.29, 0.717) is 36.3 Å². The van der Waals surface area contributed by atoms with Gasteiger partial charge in [-0.05, 0) is 119 Å². The largest absolute Gasteiger partial charge is 0.480 e. The number of amides is 13. The van der Waals surface area contributed by atoms with E-state index in [-0.39, 0.29) is 152 Å². The van der Waals surface area contributed by atoms with Crippen LogP contribution in [0.25, 0.3) is 0 Å². The van der Waals surface area contributed by atoms with E-state index in [1.54, 1.807) is 58.0 Å². The highest BCUT2D eigenvalue weighted by Gasteiger charge is 2.44. The number of hydrogen-bond acceptors (Lipinski definition) is 19. The Hall–Kier alpha value is -10.1. The predicted molar refractivity (Wildman–Crippen MR) is 393 cm³/mol. The molecule has 2 aromatic rings. The summed E-state index contributed by atoms with van der Waals surface area (Å²) >= 11 is 1.43. The number of aliphatic carboxylic acids is 1. The number of aromatic amines is 1. The van der Waals surface area contributed by atoms with Crippen LogP contribution in [0.3, 0.4) is 0 Å². The summed E-state index contributed by atoms with van der Waals surface area (Å²) in [5, 5.41) is 47.1. The summed E-state index contributed by atoms with van der Waals surface area (Å²) in [5.41, 5.74) is 23.2. The maximum atomic E-state index is 14.5. The van der Waals surface area contributed by atoms with Crippen molar-refractivity contribution >= 4 is 106 Å². The summed E-state index contributed by atoms with van der Waals surface area (Å²) in [7, 11) is 0. The zero-order valence-corrected chi connectivity index (χ0v) is 62.1. The molecule has 4 fully saturated rings. The lowest BCUT2D eigenvalue weighted by molar-refractivity contribution is -0.145. The molecule has 0 spiro atoms. The van der Waals surface area contributed by atoms with Gasteiger partial charge in [-0.3, -0.25) is 72.3 Å². The highest BCUT2D eigenvalue weighted by Crippen LogP contribution is 2.25. The van der Waals surface area contributed by atoms with Crippen LogP contribution in [-0.4, -0.2) is 260 Å². The van der Waals surface area contributed by atoms with E-state index in [2.05, 4.69) is 73.1 Å². The fraction of sp³-hybridized carbons (Fsp3) is 0.638. The Morgan fingerprint density at radius 2 is 1.04 bits per heavy atom. The number of carboxylic acid groups (broad SMARTS) is 1. The van der Waals surface area contributed by atoms with Gasteiger partial charge in [-0.25, -0.2) is 9.78 Å². The van der Waals surface area contributed by atoms with Gasteiger partial charge in [0, 0.05) is 63.9 Å². The van der Waals surface area contributed by atoms with E-state index in [4.69, 9.17) is 22.9 Å². The molecule has 107 heavy (non-hydrogen) atoms. The number of imidazole rings is 1. The molecule has 4 aliphatic heterocycles. The Balaban J connectivity index is 1.10. The first-order valence-corrected chi connectivity index (χ1v) is 37.7. The zero-order chi connectivity index (χ0) is 78.4. The molecule has 0 saturated carbocycles. The topological polar surface area (TPSA) is 567 Å². The monoisotopic (exact) mass is 1520 g/mol. The number of aliphatic hydroxyl groups excluding tert-OH is 1. The van der Waals surface area contributed by atoms with Crippen LogP contribution < -0.4 is 76.1 Å². The first-order valence-electron chi connectivity index (χ1n) is 36.3. The number of H-pyrrole nitrogens is 1. The second-order valence-electron chi connectivity index (χ2n) is 27.9. The number of guanidine groups is 2. The van der Waals surface area contributed by atoms with Gasteiger partial charge in [0.1, 0.15) is 72.5 Å². The summed E-state index contributed by atoms with van der Waals surface area (Å²) in [6.45, 7) is 5.97. The minimum atomic E-state index is -1.76. The smallest absolute Gasteiger partial charge is 0.326 e. The van der Waals surface area contributed by atoms with Gasteiger partial charge in [0.2, 0.25) is 76.8 Å². The van der Waals surface area contributed by atoms with Crippen LogP contribution in [0.2, 0.25) is 0 Å². The van der Waals surface area contributed by atoms with Crippen molar-refractivity contribution in [1.29, 1.82) is 0 Å². The number of carbonyl (C=O) groups is 14. The molecular formula is C69H107N21O16S. The standard InChI is InChI=1S/C69H107N21O16S/c1-38(2)30-46(56(94)77-35-55(93)88-26-11-18-51(88)62(100)82-45(23-29-107-5)66(104)90-28-13-20-53(90)64(102)86-49(67(105)106)32-40-14-7-6-8-15-40)83-60(98)48(33-41-34-74-37-78-41)85-61(99)50(36-91)87-59(97)47(31-39(3)4)84-57(95)42(16-9-24-75-68(70)71)80-63(101)52-19-12-27-89(52)65(103)44(17-10-25-76-69(72)73)81-58(96)43-21-22-54(92)79-43/h6-8,14-15,34,37-39,42-53,91H,9-13,16-33,35-36H2,1-5H3,(H,74,78)(H,77,94)(H,79,92)(H,80,101)(H,81,96)(H,82,100)(H,83,98)(H,84,95)(H,85,99)(H,86,102)(H,87,97)(H,105,106)(H4,70,71,75)(H4,72,73,76)/t42-,43-,44-,45-,46-,47-,48-,49-,50-,51-,52-,53-/m0/s1. The number of rotatable bonds is 42. The van der Waals surface area contributed by atoms with Gasteiger partial charge in [-0.2, -0.15) is 11.8 Å². The molecule has 12 atom stereocenters. The third kappa shape index (κ3) is 27.0. The van der Waals surface area contributed by atoms with Crippen molar-refractivity contribution in [2.24, 2.45) is 44.8 Å². The number of hydrogen-bond donors (Lipinski definition) is 17. The molecule has 13 amide bonds. The van der Waals surface area contributed by atoms with Crippen molar-refractivity contribution in [1.82, 2.24) is 77.8 Å². The predicted octanol–water partition coefficient (Wildman–Crippen LogP) is -4.53. The molecule has 0 unspecified atom stereocenters. The van der Waals surface area contributed by atoms with Crippen LogP contribution in [0.15, 0.2) is 52.8 Å². The summed E-state index contributed by atoms with van der Waals surface area (Å²) in [5.74, 6) is -11.0. The quantitative estimate of drug-likeness (QED) is 0.0169. The summed E-state index contributed by atoms with van der Waals surface area (Å²) < 4.78 is 0. The van der Waals surface area contributed by atoms with E-state index < -0.39 is 163 Å². The molecular weight excluding hydrogens is 1410 g/mol. The lowest BCUT2D eigenvalue weighted by Gasteiger charge is -2.31. The van der Waals surface area contributed by atoms with Crippen molar-refractivity contribution in [3.63, 3.8) is 0 Å². The first kappa shape index (κ1) is 85.8. The number of aromatic nitrogens is 2. The molecule has 4 aliphatic rings. The molecule has 1 aromatic carbocycles. The summed E-state index contributed by atoms with van der Waals surface area (Å²) in [4.78, 5) is 213. The first-order chi connectivity index (χ1) is 51.0. The van der Waals surface area contributed by atoms with Crippen molar-refractivity contribution in [2.45, 2.75) is 209 Å². The Labute approximate surface area is 625 Å². The molecule has 0 aliphatic carbocycles. The third-order valence-electron chi connectivity index (χ3n) is 18.6. The number of aliphatic imine (C=N–C) groups is 2. The van der Waals surface area contributed by atoms with Crippen molar-refractivity contribution in [3.05, 3.63) is 54.1 Å². The Morgan fingerprint density at radius 3 is 1.54 bits per heavy atom. The SMILES string of the molecule is CSCC[C@H](NC(=O)[C@@H]1CCCN1C(=O)CNC(=O)[C@H](CC(C)C)NC(=O)[C@H](Cc1cnc[nH]1)NC(=O)[C@H](CO)NC(=O)[C@H](CC(C)C)NC(=O)[C@H](CCCN=C(N)N)NC(=O)[C@@H]1CCCN1C(=O)[C@H](CCCN=C(N)N)NC(=O)[C@@H]1CCC(=O)N1)C(=O)N1CCC[C@H]1C(=O)N[C@@H](Cc1ccccc1)C(=O)O. The Morgan fingerprint density at radius 1 is 0.570 bits per heavy atom. The highest BCUT2D eigenvalue weighted by atomic mass is 32.2. The maximum Gasteiger partial charge on any atom is 0.326 e. The van der Waals surface area contributed by atoms with E-state index in [1.807, 2.05) is 6.26 Å². The molecule has 37 nitrogen and oxygen atoms in total. The van der Waals surface area contributed by atoms with Crippen LogP contribution in [0, 0.1) is 11.8 Å². The van der Waals surface area contributed by atoms with E-state index in [0.717, 1.165) is 0 Å². The molecule has 6 rings (SSSR count). The highest BCUT2D eigenvalue weighted by molar-refractivity contribution is 7.98. The van der Waals surface area contributed by atoms with Crippen LogP contribution in [0.1, 0.15) is 135 Å².